The highest BCUT2D eigenvalue weighted by Gasteiger charge is 2.11. The predicted molar refractivity (Wildman–Crippen MR) is 123 cm³/mol. The Kier molecular flexibility index (Phi) is 7.85. The minimum atomic E-state index is 0.284. The van der Waals surface area contributed by atoms with Crippen LogP contribution in [0.3, 0.4) is 0 Å². The summed E-state index contributed by atoms with van der Waals surface area (Å²) in [7, 11) is 1.58. The zero-order valence-corrected chi connectivity index (χ0v) is 18.5. The molecule has 0 aliphatic rings. The van der Waals surface area contributed by atoms with Crippen LogP contribution >= 0.6 is 23.2 Å². The first kappa shape index (κ1) is 22.6. The molecular weight excluding hydrogens is 435 g/mol. The zero-order valence-electron chi connectivity index (χ0n) is 17.0. The van der Waals surface area contributed by atoms with E-state index in [1.807, 2.05) is 43.3 Å². The van der Waals surface area contributed by atoms with Crippen molar-refractivity contribution in [2.45, 2.75) is 20.1 Å². The molecule has 0 unspecified atom stereocenters. The fourth-order valence-corrected chi connectivity index (χ4v) is 3.35. The fraction of sp³-hybridized carbons (Fsp3) is 0.174. The van der Waals surface area contributed by atoms with E-state index in [9.17, 15) is 5.26 Å². The summed E-state index contributed by atoms with van der Waals surface area (Å²) in [5, 5.41) is 14.9. The van der Waals surface area contributed by atoms with Gasteiger partial charge in [0.2, 0.25) is 0 Å². The van der Waals surface area contributed by atoms with Crippen LogP contribution in [0.4, 0.5) is 5.82 Å². The highest BCUT2D eigenvalue weighted by Crippen LogP contribution is 2.24. The van der Waals surface area contributed by atoms with E-state index in [1.54, 1.807) is 25.5 Å². The number of nitriles is 1. The van der Waals surface area contributed by atoms with Crippen LogP contribution in [0, 0.1) is 18.3 Å². The summed E-state index contributed by atoms with van der Waals surface area (Å²) < 4.78 is 11.1. The van der Waals surface area contributed by atoms with Gasteiger partial charge >= 0.3 is 0 Å². The molecule has 0 aliphatic heterocycles. The number of hydrazone groups is 1. The van der Waals surface area contributed by atoms with Gasteiger partial charge in [-0.05, 0) is 37.3 Å². The van der Waals surface area contributed by atoms with Crippen molar-refractivity contribution < 1.29 is 9.47 Å². The first-order chi connectivity index (χ1) is 15.0. The molecule has 2 aromatic carbocycles. The quantitative estimate of drug-likeness (QED) is 0.346. The Morgan fingerprint density at radius 3 is 2.68 bits per heavy atom. The molecular formula is C23H20Cl2N4O2. The number of ether oxygens (including phenoxy) is 2. The number of anilines is 1. The molecule has 1 aromatic heterocycles. The van der Waals surface area contributed by atoms with Crippen molar-refractivity contribution in [1.82, 2.24) is 4.98 Å². The van der Waals surface area contributed by atoms with Gasteiger partial charge in [-0.2, -0.15) is 10.4 Å². The molecule has 0 amide bonds. The second-order valence-corrected chi connectivity index (χ2v) is 7.47. The van der Waals surface area contributed by atoms with Gasteiger partial charge in [0.25, 0.3) is 0 Å². The van der Waals surface area contributed by atoms with E-state index in [0.29, 0.717) is 33.8 Å². The number of halogens is 2. The average Bonchev–Trinajstić information content (AvgIpc) is 2.74. The minimum absolute atomic E-state index is 0.284. The molecule has 6 nitrogen and oxygen atoms in total. The van der Waals surface area contributed by atoms with Crippen molar-refractivity contribution in [1.29, 1.82) is 5.26 Å². The van der Waals surface area contributed by atoms with Crippen molar-refractivity contribution in [3.63, 3.8) is 0 Å². The van der Waals surface area contributed by atoms with Gasteiger partial charge in [-0.1, -0.05) is 41.4 Å². The van der Waals surface area contributed by atoms with Gasteiger partial charge in [-0.15, -0.1) is 0 Å². The number of hydrogen-bond donors (Lipinski definition) is 1. The number of nitrogens with zero attached hydrogens (tertiary/aromatic N) is 3. The second-order valence-electron chi connectivity index (χ2n) is 6.62. The van der Waals surface area contributed by atoms with Crippen LogP contribution in [0.15, 0.2) is 53.6 Å². The molecule has 3 aromatic rings. The molecule has 1 N–H and O–H groups in total. The minimum Gasteiger partial charge on any atom is -0.488 e. The number of para-hydroxylation sites is 1. The largest absolute Gasteiger partial charge is 0.488 e. The Hall–Kier alpha value is -3.11. The van der Waals surface area contributed by atoms with Crippen molar-refractivity contribution in [2.24, 2.45) is 5.10 Å². The van der Waals surface area contributed by atoms with Gasteiger partial charge in [-0.25, -0.2) is 4.98 Å². The third-order valence-electron chi connectivity index (χ3n) is 4.33. The number of aryl methyl sites for hydroxylation is 1. The highest BCUT2D eigenvalue weighted by atomic mass is 35.5. The lowest BCUT2D eigenvalue weighted by molar-refractivity contribution is 0.184. The Labute approximate surface area is 191 Å². The van der Waals surface area contributed by atoms with E-state index < -0.39 is 0 Å². The maximum Gasteiger partial charge on any atom is 0.164 e. The third-order valence-corrected chi connectivity index (χ3v) is 4.92. The molecule has 3 rings (SSSR count). The van der Waals surface area contributed by atoms with E-state index >= 15 is 0 Å². The Morgan fingerprint density at radius 1 is 1.13 bits per heavy atom. The van der Waals surface area contributed by atoms with Gasteiger partial charge in [-0.3, -0.25) is 5.43 Å². The summed E-state index contributed by atoms with van der Waals surface area (Å²) in [6, 6.07) is 16.7. The maximum atomic E-state index is 9.52. The molecule has 0 saturated carbocycles. The first-order valence-electron chi connectivity index (χ1n) is 9.36. The van der Waals surface area contributed by atoms with E-state index in [1.165, 1.54) is 0 Å². The molecule has 0 aliphatic carbocycles. The number of aromatic nitrogens is 1. The van der Waals surface area contributed by atoms with Gasteiger partial charge in [0.05, 0.1) is 12.8 Å². The summed E-state index contributed by atoms with van der Waals surface area (Å²) >= 11 is 12.2. The summed E-state index contributed by atoms with van der Waals surface area (Å²) in [6.07, 6.45) is 1.61. The van der Waals surface area contributed by atoms with Crippen LogP contribution in [0.25, 0.3) is 0 Å². The molecule has 0 saturated heterocycles. The average molecular weight is 455 g/mol. The molecule has 0 spiro atoms. The van der Waals surface area contributed by atoms with Crippen LogP contribution in [0.5, 0.6) is 5.75 Å². The number of rotatable bonds is 8. The molecule has 0 fully saturated rings. The smallest absolute Gasteiger partial charge is 0.164 e. The number of nitrogens with one attached hydrogen (secondary N) is 1. The van der Waals surface area contributed by atoms with Gasteiger partial charge in [0, 0.05) is 39.5 Å². The van der Waals surface area contributed by atoms with Gasteiger partial charge < -0.3 is 9.47 Å². The highest BCUT2D eigenvalue weighted by molar-refractivity contribution is 6.35. The number of methoxy groups -OCH3 is 1. The number of pyridine rings is 1. The molecule has 1 heterocycles. The number of benzene rings is 2. The zero-order chi connectivity index (χ0) is 22.2. The summed E-state index contributed by atoms with van der Waals surface area (Å²) in [4.78, 5) is 4.37. The molecule has 0 atom stereocenters. The Bertz CT molecular complexity index is 1140. The summed E-state index contributed by atoms with van der Waals surface area (Å²) in [5.41, 5.74) is 6.33. The third kappa shape index (κ3) is 5.96. The van der Waals surface area contributed by atoms with E-state index in [2.05, 4.69) is 21.6 Å². The van der Waals surface area contributed by atoms with E-state index in [0.717, 1.165) is 22.4 Å². The topological polar surface area (TPSA) is 79.5 Å². The monoisotopic (exact) mass is 454 g/mol. The number of hydrogen-bond acceptors (Lipinski definition) is 6. The molecule has 158 valence electrons. The van der Waals surface area contributed by atoms with Crippen LogP contribution < -0.4 is 10.2 Å². The molecule has 0 bridgehead atoms. The normalized spacial score (nSPS) is 10.8. The van der Waals surface area contributed by atoms with Crippen LogP contribution in [0.1, 0.15) is 27.9 Å². The van der Waals surface area contributed by atoms with Crippen LogP contribution in [-0.2, 0) is 18.0 Å². The molecule has 0 radical (unpaired) electrons. The maximum absolute atomic E-state index is 9.52. The van der Waals surface area contributed by atoms with E-state index in [-0.39, 0.29) is 6.61 Å². The standard InChI is InChI=1S/C23H20Cl2N4O2/c1-15-9-18(13-30-2)20(11-26)23(28-15)29-27-12-16-5-3-4-6-22(16)31-14-17-7-8-19(24)10-21(17)25/h3-10,12H,13-14H2,1-2H3,(H,28,29). The van der Waals surface area contributed by atoms with Gasteiger partial charge in [0.1, 0.15) is 24.0 Å². The van der Waals surface area contributed by atoms with Crippen molar-refractivity contribution in [2.75, 3.05) is 12.5 Å². The predicted octanol–water partition coefficient (Wildman–Crippen LogP) is 5.74. The Morgan fingerprint density at radius 2 is 1.94 bits per heavy atom. The van der Waals surface area contributed by atoms with Crippen molar-refractivity contribution in [3.05, 3.63) is 86.5 Å². The molecule has 8 heteroatoms. The van der Waals surface area contributed by atoms with Crippen LogP contribution in [0.2, 0.25) is 10.0 Å². The van der Waals surface area contributed by atoms with E-state index in [4.69, 9.17) is 32.7 Å². The lowest BCUT2D eigenvalue weighted by atomic mass is 10.1. The molecule has 31 heavy (non-hydrogen) atoms. The summed E-state index contributed by atoms with van der Waals surface area (Å²) in [6.45, 7) is 2.45. The summed E-state index contributed by atoms with van der Waals surface area (Å²) in [5.74, 6) is 1.01. The Balaban J connectivity index is 1.76. The van der Waals surface area contributed by atoms with Crippen LogP contribution in [-0.4, -0.2) is 18.3 Å². The van der Waals surface area contributed by atoms with Crippen molar-refractivity contribution in [3.8, 4) is 11.8 Å². The SMILES string of the molecule is COCc1cc(C)nc(NN=Cc2ccccc2OCc2ccc(Cl)cc2Cl)c1C#N. The second kappa shape index (κ2) is 10.8. The first-order valence-corrected chi connectivity index (χ1v) is 10.1. The van der Waals surface area contributed by atoms with Gasteiger partial charge in [0.15, 0.2) is 5.82 Å². The lowest BCUT2D eigenvalue weighted by Gasteiger charge is -2.11. The lowest BCUT2D eigenvalue weighted by Crippen LogP contribution is -2.04. The fourth-order valence-electron chi connectivity index (χ4n) is 2.89. The van der Waals surface area contributed by atoms with Crippen molar-refractivity contribution >= 4 is 35.2 Å².